The highest BCUT2D eigenvalue weighted by molar-refractivity contribution is 5.94. The molecule has 96 valence electrons. The van der Waals surface area contributed by atoms with Gasteiger partial charge in [-0.3, -0.25) is 0 Å². The molecular weight excluding hydrogens is 228 g/mol. The molecule has 0 saturated carbocycles. The summed E-state index contributed by atoms with van der Waals surface area (Å²) in [5.74, 6) is -0.327. The van der Waals surface area contributed by atoms with Crippen LogP contribution in [-0.4, -0.2) is 23.3 Å². The third-order valence-electron chi connectivity index (χ3n) is 2.87. The standard InChI is InChI=1S/C15H18O3/c1-15(2,17)10-18-14(16)13-8-7-11-5-3-4-6-12(11)9-13/h3-6,9,17H,7-8,10H2,1-2H3. The topological polar surface area (TPSA) is 46.5 Å². The number of ether oxygens (including phenoxy) is 1. The van der Waals surface area contributed by atoms with Crippen LogP contribution in [0.5, 0.6) is 0 Å². The van der Waals surface area contributed by atoms with Gasteiger partial charge in [-0.1, -0.05) is 24.3 Å². The fourth-order valence-corrected chi connectivity index (χ4v) is 1.93. The van der Waals surface area contributed by atoms with Crippen LogP contribution in [0.25, 0.3) is 6.08 Å². The lowest BCUT2D eigenvalue weighted by Gasteiger charge is -2.19. The lowest BCUT2D eigenvalue weighted by molar-refractivity contribution is -0.145. The molecule has 0 heterocycles. The molecule has 2 rings (SSSR count). The van der Waals surface area contributed by atoms with Crippen molar-refractivity contribution in [3.63, 3.8) is 0 Å². The summed E-state index contributed by atoms with van der Waals surface area (Å²) in [7, 11) is 0. The molecule has 1 aromatic carbocycles. The van der Waals surface area contributed by atoms with Crippen molar-refractivity contribution in [3.8, 4) is 0 Å². The second-order valence-electron chi connectivity index (χ2n) is 5.26. The Bertz CT molecular complexity index is 481. The van der Waals surface area contributed by atoms with Crippen LogP contribution in [0.15, 0.2) is 29.8 Å². The number of hydrogen-bond acceptors (Lipinski definition) is 3. The predicted molar refractivity (Wildman–Crippen MR) is 70.0 cm³/mol. The van der Waals surface area contributed by atoms with Gasteiger partial charge in [-0.05, 0) is 43.9 Å². The SMILES string of the molecule is CC(C)(O)COC(=O)C1=Cc2ccccc2CC1. The largest absolute Gasteiger partial charge is 0.459 e. The lowest BCUT2D eigenvalue weighted by atomic mass is 9.92. The van der Waals surface area contributed by atoms with Gasteiger partial charge in [0.2, 0.25) is 0 Å². The van der Waals surface area contributed by atoms with E-state index in [1.165, 1.54) is 5.56 Å². The van der Waals surface area contributed by atoms with Crippen LogP contribution in [-0.2, 0) is 16.0 Å². The third kappa shape index (κ3) is 3.20. The fraction of sp³-hybridized carbons (Fsp3) is 0.400. The Labute approximate surface area is 107 Å². The minimum absolute atomic E-state index is 0.0187. The average molecular weight is 246 g/mol. The third-order valence-corrected chi connectivity index (χ3v) is 2.87. The Balaban J connectivity index is 2.07. The van der Waals surface area contributed by atoms with Crippen molar-refractivity contribution < 1.29 is 14.6 Å². The maximum absolute atomic E-state index is 11.9. The molecular formula is C15H18O3. The van der Waals surface area contributed by atoms with E-state index in [1.54, 1.807) is 13.8 Å². The van der Waals surface area contributed by atoms with Crippen LogP contribution < -0.4 is 0 Å². The van der Waals surface area contributed by atoms with Gasteiger partial charge in [-0.25, -0.2) is 4.79 Å². The number of aliphatic hydroxyl groups is 1. The summed E-state index contributed by atoms with van der Waals surface area (Å²) in [6.45, 7) is 3.25. The predicted octanol–water partition coefficient (Wildman–Crippen LogP) is 2.33. The van der Waals surface area contributed by atoms with E-state index in [0.29, 0.717) is 12.0 Å². The van der Waals surface area contributed by atoms with Crippen molar-refractivity contribution in [2.75, 3.05) is 6.61 Å². The van der Waals surface area contributed by atoms with Crippen molar-refractivity contribution in [3.05, 3.63) is 41.0 Å². The molecule has 0 amide bonds. The maximum Gasteiger partial charge on any atom is 0.334 e. The van der Waals surface area contributed by atoms with E-state index in [0.717, 1.165) is 12.0 Å². The first-order valence-electron chi connectivity index (χ1n) is 6.14. The fourth-order valence-electron chi connectivity index (χ4n) is 1.93. The van der Waals surface area contributed by atoms with Gasteiger partial charge in [0.1, 0.15) is 6.61 Å². The van der Waals surface area contributed by atoms with Crippen LogP contribution >= 0.6 is 0 Å². The van der Waals surface area contributed by atoms with Gasteiger partial charge in [-0.2, -0.15) is 0 Å². The Morgan fingerprint density at radius 1 is 1.33 bits per heavy atom. The first-order valence-corrected chi connectivity index (χ1v) is 6.14. The van der Waals surface area contributed by atoms with Crippen molar-refractivity contribution in [2.45, 2.75) is 32.3 Å². The summed E-state index contributed by atoms with van der Waals surface area (Å²) in [6.07, 6.45) is 3.44. The molecule has 0 radical (unpaired) electrons. The van der Waals surface area contributed by atoms with Crippen LogP contribution in [0.1, 0.15) is 31.4 Å². The molecule has 0 fully saturated rings. The van der Waals surface area contributed by atoms with Gasteiger partial charge in [0.25, 0.3) is 0 Å². The highest BCUT2D eigenvalue weighted by Gasteiger charge is 2.20. The van der Waals surface area contributed by atoms with Gasteiger partial charge in [-0.15, -0.1) is 0 Å². The average Bonchev–Trinajstić information content (AvgIpc) is 2.34. The van der Waals surface area contributed by atoms with Crippen LogP contribution in [0.3, 0.4) is 0 Å². The van der Waals surface area contributed by atoms with Crippen molar-refractivity contribution >= 4 is 12.0 Å². The summed E-state index contributed by atoms with van der Waals surface area (Å²) in [5.41, 5.74) is 2.04. The molecule has 0 aliphatic heterocycles. The molecule has 0 bridgehead atoms. The van der Waals surface area contributed by atoms with Gasteiger partial charge >= 0.3 is 5.97 Å². The van der Waals surface area contributed by atoms with Crippen molar-refractivity contribution in [1.29, 1.82) is 0 Å². The van der Waals surface area contributed by atoms with E-state index in [-0.39, 0.29) is 12.6 Å². The Morgan fingerprint density at radius 2 is 2.06 bits per heavy atom. The van der Waals surface area contributed by atoms with Crippen LogP contribution in [0.4, 0.5) is 0 Å². The Morgan fingerprint density at radius 3 is 2.78 bits per heavy atom. The van der Waals surface area contributed by atoms with E-state index < -0.39 is 5.60 Å². The van der Waals surface area contributed by atoms with Crippen LogP contribution in [0.2, 0.25) is 0 Å². The van der Waals surface area contributed by atoms with Gasteiger partial charge < -0.3 is 9.84 Å². The summed E-state index contributed by atoms with van der Waals surface area (Å²) < 4.78 is 5.10. The number of esters is 1. The Kier molecular flexibility index (Phi) is 3.53. The zero-order valence-corrected chi connectivity index (χ0v) is 10.8. The van der Waals surface area contributed by atoms with Gasteiger partial charge in [0.05, 0.1) is 5.60 Å². The van der Waals surface area contributed by atoms with E-state index in [9.17, 15) is 9.90 Å². The number of benzene rings is 1. The number of carbonyl (C=O) groups excluding carboxylic acids is 1. The molecule has 0 spiro atoms. The molecule has 3 nitrogen and oxygen atoms in total. The maximum atomic E-state index is 11.9. The molecule has 3 heteroatoms. The van der Waals surface area contributed by atoms with E-state index >= 15 is 0 Å². The molecule has 1 aliphatic carbocycles. The lowest BCUT2D eigenvalue weighted by Crippen LogP contribution is -2.28. The molecule has 0 unspecified atom stereocenters. The minimum atomic E-state index is -0.983. The zero-order valence-electron chi connectivity index (χ0n) is 10.8. The second-order valence-corrected chi connectivity index (χ2v) is 5.26. The second kappa shape index (κ2) is 4.94. The number of aryl methyl sites for hydroxylation is 1. The number of fused-ring (bicyclic) bond motifs is 1. The summed E-state index contributed by atoms with van der Waals surface area (Å²) in [6, 6.07) is 8.03. The van der Waals surface area contributed by atoms with E-state index in [2.05, 4.69) is 6.07 Å². The van der Waals surface area contributed by atoms with Crippen molar-refractivity contribution in [1.82, 2.24) is 0 Å². The molecule has 1 N–H and O–H groups in total. The molecule has 0 atom stereocenters. The summed E-state index contributed by atoms with van der Waals surface area (Å²) >= 11 is 0. The number of carbonyl (C=O) groups is 1. The monoisotopic (exact) mass is 246 g/mol. The van der Waals surface area contributed by atoms with Crippen molar-refractivity contribution in [2.24, 2.45) is 0 Å². The zero-order chi connectivity index (χ0) is 13.2. The number of hydrogen-bond donors (Lipinski definition) is 1. The normalized spacial score (nSPS) is 14.7. The van der Waals surface area contributed by atoms with Crippen LogP contribution in [0, 0.1) is 0 Å². The molecule has 18 heavy (non-hydrogen) atoms. The quantitative estimate of drug-likeness (QED) is 0.833. The highest BCUT2D eigenvalue weighted by Crippen LogP contribution is 2.24. The highest BCUT2D eigenvalue weighted by atomic mass is 16.5. The molecule has 1 aliphatic rings. The minimum Gasteiger partial charge on any atom is -0.459 e. The van der Waals surface area contributed by atoms with Gasteiger partial charge in [0.15, 0.2) is 0 Å². The number of rotatable bonds is 3. The summed E-state index contributed by atoms with van der Waals surface area (Å²) in [5, 5.41) is 9.53. The molecule has 1 aromatic rings. The smallest absolute Gasteiger partial charge is 0.334 e. The first-order chi connectivity index (χ1) is 8.46. The van der Waals surface area contributed by atoms with E-state index in [4.69, 9.17) is 4.74 Å². The summed E-state index contributed by atoms with van der Waals surface area (Å²) in [4.78, 5) is 11.9. The van der Waals surface area contributed by atoms with Gasteiger partial charge in [0, 0.05) is 5.57 Å². The molecule has 0 aromatic heterocycles. The molecule has 0 saturated heterocycles. The van der Waals surface area contributed by atoms with E-state index in [1.807, 2.05) is 24.3 Å². The first kappa shape index (κ1) is 12.8. The Hall–Kier alpha value is -1.61.